The molecule has 2 unspecified atom stereocenters. The summed E-state index contributed by atoms with van der Waals surface area (Å²) in [6, 6.07) is 5.80. The summed E-state index contributed by atoms with van der Waals surface area (Å²) < 4.78 is 5.71. The summed E-state index contributed by atoms with van der Waals surface area (Å²) in [5.74, 6) is -0.215. The third-order valence-electron chi connectivity index (χ3n) is 3.61. The summed E-state index contributed by atoms with van der Waals surface area (Å²) in [6.45, 7) is 1.95. The van der Waals surface area contributed by atoms with E-state index in [1.54, 1.807) is 0 Å². The van der Waals surface area contributed by atoms with Crippen molar-refractivity contribution in [3.05, 3.63) is 29.3 Å². The lowest BCUT2D eigenvalue weighted by Crippen LogP contribution is -2.28. The fraction of sp³-hybridized carbons (Fsp3) is 0.533. The third kappa shape index (κ3) is 3.07. The van der Waals surface area contributed by atoms with E-state index in [4.69, 9.17) is 10.5 Å². The van der Waals surface area contributed by atoms with Crippen LogP contribution in [0.1, 0.15) is 49.8 Å². The molecule has 0 bridgehead atoms. The van der Waals surface area contributed by atoms with Crippen molar-refractivity contribution in [3.8, 4) is 5.75 Å². The molecule has 1 aliphatic carbocycles. The van der Waals surface area contributed by atoms with Crippen LogP contribution in [0.4, 0.5) is 0 Å². The van der Waals surface area contributed by atoms with Gasteiger partial charge in [-0.15, -0.1) is 0 Å². The second kappa shape index (κ2) is 6.06. The number of rotatable bonds is 5. The van der Waals surface area contributed by atoms with Crippen LogP contribution in [-0.2, 0) is 11.2 Å². The zero-order valence-electron chi connectivity index (χ0n) is 11.3. The van der Waals surface area contributed by atoms with Crippen LogP contribution < -0.4 is 10.5 Å². The van der Waals surface area contributed by atoms with Gasteiger partial charge in [0.2, 0.25) is 0 Å². The molecule has 1 aliphatic rings. The van der Waals surface area contributed by atoms with E-state index in [1.807, 2.05) is 25.1 Å². The van der Waals surface area contributed by atoms with Crippen LogP contribution in [0.2, 0.25) is 0 Å². The number of fused-ring (bicyclic) bond motifs is 1. The average Bonchev–Trinajstić information content (AvgIpc) is 2.39. The highest BCUT2D eigenvalue weighted by Gasteiger charge is 2.23. The lowest BCUT2D eigenvalue weighted by molar-refractivity contribution is -0.145. The maximum absolute atomic E-state index is 11.2. The fourth-order valence-electron chi connectivity index (χ4n) is 2.61. The van der Waals surface area contributed by atoms with E-state index in [1.165, 1.54) is 0 Å². The lowest BCUT2D eigenvalue weighted by Gasteiger charge is -2.25. The van der Waals surface area contributed by atoms with Crippen molar-refractivity contribution in [2.24, 2.45) is 5.73 Å². The molecule has 1 aromatic rings. The van der Waals surface area contributed by atoms with E-state index in [0.29, 0.717) is 12.2 Å². The summed E-state index contributed by atoms with van der Waals surface area (Å²) >= 11 is 0. The highest BCUT2D eigenvalue weighted by atomic mass is 16.5. The van der Waals surface area contributed by atoms with Gasteiger partial charge in [-0.3, -0.25) is 0 Å². The fourth-order valence-corrected chi connectivity index (χ4v) is 2.61. The van der Waals surface area contributed by atoms with Gasteiger partial charge < -0.3 is 15.6 Å². The van der Waals surface area contributed by atoms with E-state index in [-0.39, 0.29) is 6.04 Å². The average molecular weight is 263 g/mol. The Bertz CT molecular complexity index is 459. The Balaban J connectivity index is 2.25. The molecule has 3 N–H and O–H groups in total. The number of ether oxygens (including phenoxy) is 1. The van der Waals surface area contributed by atoms with E-state index in [9.17, 15) is 9.90 Å². The van der Waals surface area contributed by atoms with E-state index in [0.717, 1.165) is 36.8 Å². The molecule has 0 saturated heterocycles. The van der Waals surface area contributed by atoms with E-state index in [2.05, 4.69) is 0 Å². The molecule has 19 heavy (non-hydrogen) atoms. The van der Waals surface area contributed by atoms with Crippen LogP contribution in [0.25, 0.3) is 0 Å². The zero-order valence-corrected chi connectivity index (χ0v) is 11.3. The predicted octanol–water partition coefficient (Wildman–Crippen LogP) is 2.65. The number of benzene rings is 1. The van der Waals surface area contributed by atoms with Gasteiger partial charge in [-0.2, -0.15) is 0 Å². The van der Waals surface area contributed by atoms with Crippen molar-refractivity contribution in [3.63, 3.8) is 0 Å². The molecular formula is C15H21NO3. The summed E-state index contributed by atoms with van der Waals surface area (Å²) in [5, 5.41) is 9.17. The highest BCUT2D eigenvalue weighted by molar-refractivity contribution is 5.72. The van der Waals surface area contributed by atoms with Crippen LogP contribution in [-0.4, -0.2) is 17.2 Å². The maximum Gasteiger partial charge on any atom is 0.344 e. The molecule has 0 saturated carbocycles. The largest absolute Gasteiger partial charge is 0.479 e. The van der Waals surface area contributed by atoms with Crippen LogP contribution in [0, 0.1) is 0 Å². The molecule has 2 rings (SSSR count). The second-order valence-corrected chi connectivity index (χ2v) is 5.06. The Hall–Kier alpha value is -1.55. The van der Waals surface area contributed by atoms with Crippen LogP contribution in [0.15, 0.2) is 18.2 Å². The number of carboxylic acid groups (broad SMARTS) is 1. The molecule has 0 fully saturated rings. The van der Waals surface area contributed by atoms with E-state index < -0.39 is 12.1 Å². The maximum atomic E-state index is 11.2. The van der Waals surface area contributed by atoms with Gasteiger partial charge in [0.1, 0.15) is 5.75 Å². The van der Waals surface area contributed by atoms with Crippen molar-refractivity contribution in [2.45, 2.75) is 51.2 Å². The number of hydrogen-bond donors (Lipinski definition) is 2. The predicted molar refractivity (Wildman–Crippen MR) is 73.3 cm³/mol. The van der Waals surface area contributed by atoms with Crippen molar-refractivity contribution in [2.75, 3.05) is 0 Å². The summed E-state index contributed by atoms with van der Waals surface area (Å²) in [4.78, 5) is 11.2. The molecule has 0 aliphatic heterocycles. The first-order chi connectivity index (χ1) is 9.13. The second-order valence-electron chi connectivity index (χ2n) is 5.06. The van der Waals surface area contributed by atoms with Gasteiger partial charge in [0.05, 0.1) is 0 Å². The third-order valence-corrected chi connectivity index (χ3v) is 3.61. The van der Waals surface area contributed by atoms with Gasteiger partial charge >= 0.3 is 5.97 Å². The molecule has 104 valence electrons. The number of carboxylic acids is 1. The number of hydrogen-bond acceptors (Lipinski definition) is 3. The van der Waals surface area contributed by atoms with Crippen molar-refractivity contribution in [1.82, 2.24) is 0 Å². The van der Waals surface area contributed by atoms with Crippen molar-refractivity contribution >= 4 is 5.97 Å². The van der Waals surface area contributed by atoms with Crippen molar-refractivity contribution in [1.29, 1.82) is 0 Å². The van der Waals surface area contributed by atoms with Gasteiger partial charge in [-0.25, -0.2) is 4.79 Å². The molecule has 1 aromatic carbocycles. The number of nitrogens with two attached hydrogens (primary N) is 1. The van der Waals surface area contributed by atoms with Crippen LogP contribution in [0.5, 0.6) is 5.75 Å². The van der Waals surface area contributed by atoms with Gasteiger partial charge in [0.25, 0.3) is 0 Å². The summed E-state index contributed by atoms with van der Waals surface area (Å²) in [7, 11) is 0. The van der Waals surface area contributed by atoms with Crippen LogP contribution >= 0.6 is 0 Å². The molecule has 0 aromatic heterocycles. The molecule has 2 atom stereocenters. The van der Waals surface area contributed by atoms with Crippen LogP contribution in [0.3, 0.4) is 0 Å². The van der Waals surface area contributed by atoms with Gasteiger partial charge in [0.15, 0.2) is 6.10 Å². The number of aliphatic carboxylic acids is 1. The number of carbonyl (C=O) groups is 1. The first-order valence-corrected chi connectivity index (χ1v) is 6.90. The minimum atomic E-state index is -0.903. The first-order valence-electron chi connectivity index (χ1n) is 6.90. The topological polar surface area (TPSA) is 72.5 Å². The first kappa shape index (κ1) is 13.9. The minimum Gasteiger partial charge on any atom is -0.479 e. The molecule has 0 spiro atoms. The smallest absolute Gasteiger partial charge is 0.344 e. The Morgan fingerprint density at radius 3 is 3.05 bits per heavy atom. The highest BCUT2D eigenvalue weighted by Crippen LogP contribution is 2.34. The van der Waals surface area contributed by atoms with Gasteiger partial charge in [0, 0.05) is 6.04 Å². The Kier molecular flexibility index (Phi) is 4.43. The van der Waals surface area contributed by atoms with Gasteiger partial charge in [-0.05, 0) is 42.9 Å². The molecule has 0 heterocycles. The normalized spacial score (nSPS) is 19.6. The molecule has 4 nitrogen and oxygen atoms in total. The van der Waals surface area contributed by atoms with Crippen molar-refractivity contribution < 1.29 is 14.6 Å². The zero-order chi connectivity index (χ0) is 13.8. The SMILES string of the molecule is CCCC(Oc1cccc2c1CCCC2N)C(=O)O. The van der Waals surface area contributed by atoms with E-state index >= 15 is 0 Å². The molecule has 0 radical (unpaired) electrons. The Morgan fingerprint density at radius 1 is 1.58 bits per heavy atom. The molecule has 0 amide bonds. The molecular weight excluding hydrogens is 242 g/mol. The van der Waals surface area contributed by atoms with Gasteiger partial charge in [-0.1, -0.05) is 25.5 Å². The monoisotopic (exact) mass is 263 g/mol. The Morgan fingerprint density at radius 2 is 2.37 bits per heavy atom. The Labute approximate surface area is 113 Å². The quantitative estimate of drug-likeness (QED) is 0.856. The molecule has 4 heteroatoms. The standard InChI is InChI=1S/C15H21NO3/c1-2-5-14(15(17)18)19-13-9-4-6-10-11(13)7-3-8-12(10)16/h4,6,9,12,14H,2-3,5,7-8,16H2,1H3,(H,17,18). The lowest BCUT2D eigenvalue weighted by atomic mass is 9.87. The minimum absolute atomic E-state index is 0.0433. The summed E-state index contributed by atoms with van der Waals surface area (Å²) in [5.41, 5.74) is 8.28. The summed E-state index contributed by atoms with van der Waals surface area (Å²) in [6.07, 6.45) is 3.46.